The van der Waals surface area contributed by atoms with Crippen LogP contribution in [0.2, 0.25) is 0 Å². The SMILES string of the molecule is O=C(c1ccccc1)[C@@H]1C(/C=C/c2ccccc2)=NO[C@]12C(=O)Nc1ccccc12. The summed E-state index contributed by atoms with van der Waals surface area (Å²) in [4.78, 5) is 32.5. The second-order valence-corrected chi connectivity index (χ2v) is 7.25. The number of carbonyl (C=O) groups is 2. The molecule has 30 heavy (non-hydrogen) atoms. The number of hydrogen-bond donors (Lipinski definition) is 1. The maximum Gasteiger partial charge on any atom is 0.277 e. The third-order valence-electron chi connectivity index (χ3n) is 5.48. The van der Waals surface area contributed by atoms with Gasteiger partial charge in [-0.1, -0.05) is 90.1 Å². The van der Waals surface area contributed by atoms with E-state index in [4.69, 9.17) is 4.84 Å². The highest BCUT2D eigenvalue weighted by Crippen LogP contribution is 2.49. The van der Waals surface area contributed by atoms with E-state index in [0.717, 1.165) is 5.56 Å². The topological polar surface area (TPSA) is 67.8 Å². The second kappa shape index (κ2) is 7.12. The van der Waals surface area contributed by atoms with Gasteiger partial charge in [-0.25, -0.2) is 0 Å². The molecule has 0 radical (unpaired) electrons. The summed E-state index contributed by atoms with van der Waals surface area (Å²) in [5.41, 5.74) is 1.63. The Morgan fingerprint density at radius 1 is 0.900 bits per heavy atom. The summed E-state index contributed by atoms with van der Waals surface area (Å²) < 4.78 is 0. The number of nitrogens with zero attached hydrogens (tertiary/aromatic N) is 1. The van der Waals surface area contributed by atoms with Crippen molar-refractivity contribution in [2.24, 2.45) is 11.1 Å². The van der Waals surface area contributed by atoms with Gasteiger partial charge in [-0.3, -0.25) is 9.59 Å². The fourth-order valence-corrected chi connectivity index (χ4v) is 4.03. The lowest BCUT2D eigenvalue weighted by Gasteiger charge is -2.26. The number of amides is 1. The van der Waals surface area contributed by atoms with Crippen molar-refractivity contribution in [1.82, 2.24) is 0 Å². The zero-order valence-electron chi connectivity index (χ0n) is 16.0. The number of rotatable bonds is 4. The highest BCUT2D eigenvalue weighted by Gasteiger charge is 2.62. The quantitative estimate of drug-likeness (QED) is 0.666. The van der Waals surface area contributed by atoms with E-state index in [2.05, 4.69) is 10.5 Å². The van der Waals surface area contributed by atoms with E-state index in [1.54, 1.807) is 42.5 Å². The normalized spacial score (nSPS) is 21.9. The average Bonchev–Trinajstić information content (AvgIpc) is 3.32. The molecule has 5 nitrogen and oxygen atoms in total. The molecule has 0 saturated carbocycles. The fraction of sp³-hybridized carbons (Fsp3) is 0.0800. The summed E-state index contributed by atoms with van der Waals surface area (Å²) in [6, 6.07) is 25.9. The van der Waals surface area contributed by atoms with Gasteiger partial charge in [0.15, 0.2) is 5.78 Å². The molecule has 0 saturated heterocycles. The predicted molar refractivity (Wildman–Crippen MR) is 115 cm³/mol. The molecule has 1 N–H and O–H groups in total. The summed E-state index contributed by atoms with van der Waals surface area (Å²) in [6.07, 6.45) is 3.62. The molecule has 3 aromatic rings. The number of nitrogens with one attached hydrogen (secondary N) is 1. The van der Waals surface area contributed by atoms with Crippen molar-refractivity contribution in [3.8, 4) is 0 Å². The van der Waals surface area contributed by atoms with Crippen LogP contribution in [0.3, 0.4) is 0 Å². The Morgan fingerprint density at radius 2 is 1.57 bits per heavy atom. The standard InChI is InChI=1S/C25H18N2O3/c28-23(18-11-5-2-6-12-18)22-21(16-15-17-9-3-1-4-10-17)27-30-25(22)19-13-7-8-14-20(19)26-24(25)29/h1-16,22H,(H,26,29)/b16-15+/t22-,25-/m0/s1. The lowest BCUT2D eigenvalue weighted by Crippen LogP contribution is -2.46. The molecule has 0 bridgehead atoms. The first-order valence-electron chi connectivity index (χ1n) is 9.69. The summed E-state index contributed by atoms with van der Waals surface area (Å²) in [5, 5.41) is 7.06. The molecular weight excluding hydrogens is 376 g/mol. The first-order chi connectivity index (χ1) is 14.7. The Bertz CT molecular complexity index is 1190. The van der Waals surface area contributed by atoms with Gasteiger partial charge in [0.2, 0.25) is 0 Å². The third-order valence-corrected chi connectivity index (χ3v) is 5.48. The van der Waals surface area contributed by atoms with Crippen molar-refractivity contribution in [2.75, 3.05) is 5.32 Å². The van der Waals surface area contributed by atoms with Gasteiger partial charge in [0.05, 0.1) is 5.71 Å². The molecule has 2 heterocycles. The van der Waals surface area contributed by atoms with E-state index in [-0.39, 0.29) is 11.7 Å². The number of Topliss-reactive ketones (excluding diaryl/α,β-unsaturated/α-hetero) is 1. The van der Waals surface area contributed by atoms with E-state index in [0.29, 0.717) is 22.5 Å². The number of fused-ring (bicyclic) bond motifs is 2. The van der Waals surface area contributed by atoms with Crippen LogP contribution in [-0.4, -0.2) is 17.4 Å². The Hall–Kier alpha value is -3.99. The van der Waals surface area contributed by atoms with E-state index < -0.39 is 11.5 Å². The second-order valence-electron chi connectivity index (χ2n) is 7.25. The van der Waals surface area contributed by atoms with Crippen molar-refractivity contribution >= 4 is 29.2 Å². The first kappa shape index (κ1) is 18.1. The largest absolute Gasteiger partial charge is 0.373 e. The number of oxime groups is 1. The predicted octanol–water partition coefficient (Wildman–Crippen LogP) is 4.43. The zero-order valence-corrected chi connectivity index (χ0v) is 16.0. The van der Waals surface area contributed by atoms with E-state index in [9.17, 15) is 9.59 Å². The Labute approximate surface area is 173 Å². The minimum Gasteiger partial charge on any atom is -0.373 e. The summed E-state index contributed by atoms with van der Waals surface area (Å²) in [6.45, 7) is 0. The Morgan fingerprint density at radius 3 is 2.33 bits per heavy atom. The van der Waals surface area contributed by atoms with Crippen LogP contribution in [0.25, 0.3) is 6.08 Å². The maximum absolute atomic E-state index is 13.6. The van der Waals surface area contributed by atoms with Crippen molar-refractivity contribution in [3.05, 3.63) is 108 Å². The van der Waals surface area contributed by atoms with Crippen molar-refractivity contribution in [3.63, 3.8) is 0 Å². The molecule has 0 fully saturated rings. The highest BCUT2D eigenvalue weighted by atomic mass is 16.7. The number of para-hydroxylation sites is 1. The van der Waals surface area contributed by atoms with Crippen LogP contribution in [-0.2, 0) is 15.2 Å². The molecule has 2 aliphatic rings. The Kier molecular flexibility index (Phi) is 4.29. The van der Waals surface area contributed by atoms with Gasteiger partial charge in [0.25, 0.3) is 11.5 Å². The van der Waals surface area contributed by atoms with Gasteiger partial charge in [-0.05, 0) is 17.7 Å². The first-order valence-corrected chi connectivity index (χ1v) is 9.69. The lowest BCUT2D eigenvalue weighted by molar-refractivity contribution is -0.140. The van der Waals surface area contributed by atoms with Crippen LogP contribution < -0.4 is 5.32 Å². The molecule has 2 aliphatic heterocycles. The van der Waals surface area contributed by atoms with Gasteiger partial charge in [0.1, 0.15) is 5.92 Å². The van der Waals surface area contributed by atoms with Crippen LogP contribution in [0.5, 0.6) is 0 Å². The molecule has 146 valence electrons. The third kappa shape index (κ3) is 2.75. The number of benzene rings is 3. The monoisotopic (exact) mass is 394 g/mol. The molecule has 5 heteroatoms. The summed E-state index contributed by atoms with van der Waals surface area (Å²) >= 11 is 0. The lowest BCUT2D eigenvalue weighted by atomic mass is 9.75. The van der Waals surface area contributed by atoms with E-state index in [1.807, 2.05) is 54.6 Å². The molecule has 3 aromatic carbocycles. The molecule has 1 amide bonds. The van der Waals surface area contributed by atoms with Gasteiger partial charge < -0.3 is 10.2 Å². The minimum atomic E-state index is -1.51. The van der Waals surface area contributed by atoms with Gasteiger partial charge in [-0.15, -0.1) is 0 Å². The molecule has 5 rings (SSSR count). The van der Waals surface area contributed by atoms with Crippen LogP contribution in [0.1, 0.15) is 21.5 Å². The Balaban J connectivity index is 1.62. The molecule has 2 atom stereocenters. The maximum atomic E-state index is 13.6. The number of carbonyl (C=O) groups excluding carboxylic acids is 2. The van der Waals surface area contributed by atoms with E-state index >= 15 is 0 Å². The molecule has 0 aliphatic carbocycles. The van der Waals surface area contributed by atoms with Crippen molar-refractivity contribution < 1.29 is 14.4 Å². The summed E-state index contributed by atoms with van der Waals surface area (Å²) in [7, 11) is 0. The summed E-state index contributed by atoms with van der Waals surface area (Å²) in [5.74, 6) is -1.50. The average molecular weight is 394 g/mol. The van der Waals surface area contributed by atoms with Crippen molar-refractivity contribution in [2.45, 2.75) is 5.60 Å². The fourth-order valence-electron chi connectivity index (χ4n) is 4.03. The zero-order chi connectivity index (χ0) is 20.6. The van der Waals surface area contributed by atoms with Crippen LogP contribution in [0, 0.1) is 5.92 Å². The van der Waals surface area contributed by atoms with Crippen LogP contribution >= 0.6 is 0 Å². The number of allylic oxidation sites excluding steroid dienone is 1. The number of hydrogen-bond acceptors (Lipinski definition) is 4. The number of anilines is 1. The molecule has 0 aromatic heterocycles. The van der Waals surface area contributed by atoms with Crippen LogP contribution in [0.4, 0.5) is 5.69 Å². The minimum absolute atomic E-state index is 0.212. The number of ketones is 1. The smallest absolute Gasteiger partial charge is 0.277 e. The van der Waals surface area contributed by atoms with E-state index in [1.165, 1.54) is 0 Å². The highest BCUT2D eigenvalue weighted by molar-refractivity contribution is 6.23. The van der Waals surface area contributed by atoms with Crippen LogP contribution in [0.15, 0.2) is 96.2 Å². The van der Waals surface area contributed by atoms with Gasteiger partial charge >= 0.3 is 0 Å². The molecule has 1 spiro atoms. The van der Waals surface area contributed by atoms with Crippen molar-refractivity contribution in [1.29, 1.82) is 0 Å². The molecule has 0 unspecified atom stereocenters. The molecular formula is C25H18N2O3. The van der Waals surface area contributed by atoms with Gasteiger partial charge in [-0.2, -0.15) is 0 Å². The van der Waals surface area contributed by atoms with Gasteiger partial charge in [0, 0.05) is 16.8 Å².